The number of anilines is 1. The fourth-order valence-corrected chi connectivity index (χ4v) is 4.65. The molecule has 5 heteroatoms. The van der Waals surface area contributed by atoms with Gasteiger partial charge in [-0.05, 0) is 74.4 Å². The number of para-hydroxylation sites is 1. The van der Waals surface area contributed by atoms with E-state index in [0.29, 0.717) is 0 Å². The molecule has 3 rings (SSSR count). The lowest BCUT2D eigenvalue weighted by Crippen LogP contribution is -2.24. The Balaban J connectivity index is 0.00000260. The Bertz CT molecular complexity index is 1290. The van der Waals surface area contributed by atoms with Gasteiger partial charge in [-0.1, -0.05) is 87.4 Å². The van der Waals surface area contributed by atoms with Crippen LogP contribution in [0.2, 0.25) is 0 Å². The van der Waals surface area contributed by atoms with Gasteiger partial charge in [0, 0.05) is 29.6 Å². The molecular formula is C34H42N2O3. The van der Waals surface area contributed by atoms with E-state index in [9.17, 15) is 14.7 Å². The summed E-state index contributed by atoms with van der Waals surface area (Å²) in [6.07, 6.45) is 15.3. The fourth-order valence-electron chi connectivity index (χ4n) is 4.65. The second-order valence-electron chi connectivity index (χ2n) is 10.2. The topological polar surface area (TPSA) is 79.3 Å². The number of aromatic carboxylic acids is 1. The summed E-state index contributed by atoms with van der Waals surface area (Å²) in [4.78, 5) is 28.1. The summed E-state index contributed by atoms with van der Waals surface area (Å²) in [6.45, 7) is 14.6. The third kappa shape index (κ3) is 9.36. The summed E-state index contributed by atoms with van der Waals surface area (Å²) in [7, 11) is 0. The quantitative estimate of drug-likeness (QED) is 0.266. The van der Waals surface area contributed by atoms with Crippen molar-refractivity contribution >= 4 is 17.6 Å². The summed E-state index contributed by atoms with van der Waals surface area (Å²) in [6, 6.07) is 12.6. The van der Waals surface area contributed by atoms with E-state index in [1.807, 2.05) is 76.3 Å². The summed E-state index contributed by atoms with van der Waals surface area (Å²) in [5.41, 5.74) is 6.30. The fraction of sp³-hybridized carbons (Fsp3) is 0.324. The number of carbonyl (C=O) groups is 2. The Hall–Kier alpha value is -3.99. The Morgan fingerprint density at radius 3 is 2.41 bits per heavy atom. The minimum atomic E-state index is -0.933. The molecule has 2 aromatic rings. The van der Waals surface area contributed by atoms with Crippen molar-refractivity contribution in [2.24, 2.45) is 5.41 Å². The number of benzene rings is 1. The second kappa shape index (κ2) is 14.8. The Morgan fingerprint density at radius 1 is 1.05 bits per heavy atom. The lowest BCUT2D eigenvalue weighted by atomic mass is 9.68. The van der Waals surface area contributed by atoms with Crippen LogP contribution >= 0.6 is 0 Å². The van der Waals surface area contributed by atoms with Crippen LogP contribution in [-0.2, 0) is 4.79 Å². The molecule has 0 saturated carbocycles. The van der Waals surface area contributed by atoms with Crippen molar-refractivity contribution in [3.05, 3.63) is 119 Å². The third-order valence-corrected chi connectivity index (χ3v) is 6.75. The molecule has 1 aliphatic rings. The van der Waals surface area contributed by atoms with Crippen molar-refractivity contribution < 1.29 is 14.7 Å². The molecule has 1 aliphatic carbocycles. The number of carbonyl (C=O) groups excluding carboxylic acids is 1. The van der Waals surface area contributed by atoms with E-state index in [2.05, 4.69) is 43.2 Å². The van der Waals surface area contributed by atoms with E-state index in [4.69, 9.17) is 0 Å². The van der Waals surface area contributed by atoms with Crippen LogP contribution in [0.1, 0.15) is 83.3 Å². The number of nitrogens with zero attached hydrogens (tertiary/aromatic N) is 1. The molecule has 0 fully saturated rings. The van der Waals surface area contributed by atoms with E-state index >= 15 is 0 Å². The first-order valence-electron chi connectivity index (χ1n) is 13.5. The number of allylic oxidation sites excluding steroid dienone is 9. The monoisotopic (exact) mass is 526 g/mol. The molecule has 0 saturated heterocycles. The molecule has 39 heavy (non-hydrogen) atoms. The van der Waals surface area contributed by atoms with Crippen molar-refractivity contribution in [2.75, 3.05) is 5.32 Å². The predicted octanol–water partition coefficient (Wildman–Crippen LogP) is 8.67. The smallest absolute Gasteiger partial charge is 0.335 e. The highest BCUT2D eigenvalue weighted by Crippen LogP contribution is 2.46. The molecule has 206 valence electrons. The van der Waals surface area contributed by atoms with E-state index in [0.717, 1.165) is 35.4 Å². The molecule has 2 N–H and O–H groups in total. The van der Waals surface area contributed by atoms with Crippen LogP contribution in [0.3, 0.4) is 0 Å². The van der Waals surface area contributed by atoms with Gasteiger partial charge < -0.3 is 10.4 Å². The van der Waals surface area contributed by atoms with Crippen LogP contribution in [-0.4, -0.2) is 22.0 Å². The largest absolute Gasteiger partial charge is 0.478 e. The van der Waals surface area contributed by atoms with Gasteiger partial charge in [0.05, 0.1) is 5.56 Å². The molecule has 0 bridgehead atoms. The zero-order chi connectivity index (χ0) is 29.0. The zero-order valence-corrected chi connectivity index (χ0v) is 24.3. The van der Waals surface area contributed by atoms with Gasteiger partial charge in [-0.3, -0.25) is 9.78 Å². The number of aromatic nitrogens is 1. The van der Waals surface area contributed by atoms with Crippen molar-refractivity contribution in [2.45, 2.75) is 67.2 Å². The lowest BCUT2D eigenvalue weighted by molar-refractivity contribution is -0.111. The first-order valence-corrected chi connectivity index (χ1v) is 13.5. The van der Waals surface area contributed by atoms with Gasteiger partial charge in [-0.15, -0.1) is 0 Å². The summed E-state index contributed by atoms with van der Waals surface area (Å²) in [5.74, 6) is -0.989. The molecule has 1 atom stereocenters. The number of carboxylic acids is 1. The minimum Gasteiger partial charge on any atom is -0.478 e. The Kier molecular flexibility index (Phi) is 11.9. The Morgan fingerprint density at radius 2 is 1.74 bits per heavy atom. The summed E-state index contributed by atoms with van der Waals surface area (Å²) >= 11 is 0. The normalized spacial score (nSPS) is 17.7. The zero-order valence-electron chi connectivity index (χ0n) is 24.3. The first-order chi connectivity index (χ1) is 18.6. The molecule has 1 heterocycles. The number of pyridine rings is 1. The second-order valence-corrected chi connectivity index (χ2v) is 10.2. The van der Waals surface area contributed by atoms with E-state index in [1.165, 1.54) is 17.2 Å². The number of amides is 1. The average molecular weight is 527 g/mol. The van der Waals surface area contributed by atoms with Crippen LogP contribution in [0.4, 0.5) is 5.69 Å². The van der Waals surface area contributed by atoms with Crippen LogP contribution in [0, 0.1) is 5.41 Å². The van der Waals surface area contributed by atoms with Crippen LogP contribution in [0.25, 0.3) is 0 Å². The van der Waals surface area contributed by atoms with Gasteiger partial charge in [-0.25, -0.2) is 4.79 Å². The van der Waals surface area contributed by atoms with Crippen molar-refractivity contribution in [3.8, 4) is 0 Å². The van der Waals surface area contributed by atoms with E-state index < -0.39 is 5.97 Å². The van der Waals surface area contributed by atoms with Crippen LogP contribution in [0.15, 0.2) is 107 Å². The number of hydrogen-bond acceptors (Lipinski definition) is 3. The van der Waals surface area contributed by atoms with Crippen LogP contribution < -0.4 is 5.32 Å². The maximum Gasteiger partial charge on any atom is 0.335 e. The number of nitrogens with one attached hydrogen (secondary N) is 1. The predicted molar refractivity (Wildman–Crippen MR) is 162 cm³/mol. The van der Waals surface area contributed by atoms with Gasteiger partial charge in [0.1, 0.15) is 0 Å². The van der Waals surface area contributed by atoms with Gasteiger partial charge in [-0.2, -0.15) is 0 Å². The molecular weight excluding hydrogens is 484 g/mol. The molecule has 0 radical (unpaired) electrons. The standard InChI is InChI=1S/C32H36N2O3.C2H6/c1-22(10-9-11-23(2)20-30(35)34-26-12-7-6-8-13-26)14-15-28-24(3)27(16-18-32(28,4)5)29-21-25(31(36)37)17-19-33-29;1-2/h6-15,17,19-21,27H,16,18H2,1-5H3,(H,34,35)(H,36,37);1-2H3/b11-9+,15-14+,22-10+,23-20-;. The van der Waals surface area contributed by atoms with Crippen molar-refractivity contribution in [1.82, 2.24) is 4.98 Å². The number of carboxylic acid groups (broad SMARTS) is 1. The molecule has 1 amide bonds. The number of hydrogen-bond donors (Lipinski definition) is 2. The van der Waals surface area contributed by atoms with Gasteiger partial charge >= 0.3 is 5.97 Å². The van der Waals surface area contributed by atoms with Gasteiger partial charge in [0.2, 0.25) is 5.91 Å². The third-order valence-electron chi connectivity index (χ3n) is 6.75. The molecule has 1 aromatic heterocycles. The molecule has 1 aromatic carbocycles. The lowest BCUT2D eigenvalue weighted by Gasteiger charge is -2.37. The minimum absolute atomic E-state index is 0.0169. The molecule has 5 nitrogen and oxygen atoms in total. The van der Waals surface area contributed by atoms with E-state index in [1.54, 1.807) is 18.3 Å². The Labute approximate surface area is 233 Å². The summed E-state index contributed by atoms with van der Waals surface area (Å²) < 4.78 is 0. The average Bonchev–Trinajstić information content (AvgIpc) is 2.90. The molecule has 0 spiro atoms. The molecule has 1 unspecified atom stereocenters. The summed E-state index contributed by atoms with van der Waals surface area (Å²) in [5, 5.41) is 12.2. The highest BCUT2D eigenvalue weighted by molar-refractivity contribution is 5.99. The maximum atomic E-state index is 12.2. The van der Waals surface area contributed by atoms with Crippen molar-refractivity contribution in [3.63, 3.8) is 0 Å². The number of rotatable bonds is 8. The first kappa shape index (κ1) is 31.2. The van der Waals surface area contributed by atoms with Gasteiger partial charge in [0.25, 0.3) is 0 Å². The highest BCUT2D eigenvalue weighted by atomic mass is 16.4. The molecule has 0 aliphatic heterocycles. The van der Waals surface area contributed by atoms with Gasteiger partial charge in [0.15, 0.2) is 0 Å². The highest BCUT2D eigenvalue weighted by Gasteiger charge is 2.33. The van der Waals surface area contributed by atoms with E-state index in [-0.39, 0.29) is 22.8 Å². The van der Waals surface area contributed by atoms with Crippen molar-refractivity contribution in [1.29, 1.82) is 0 Å². The van der Waals surface area contributed by atoms with Crippen LogP contribution in [0.5, 0.6) is 0 Å². The SMILES string of the molecule is CC.CC1=C(/C=C/C(C)=C/C=C/C(C)=C\C(=O)Nc2ccccc2)C(C)(C)CCC1c1cc(C(=O)O)ccn1. The maximum absolute atomic E-state index is 12.2.